The number of sulfonamides is 1. The van der Waals surface area contributed by atoms with Crippen LogP contribution in [0.1, 0.15) is 25.8 Å². The lowest BCUT2D eigenvalue weighted by Gasteiger charge is -2.43. The second kappa shape index (κ2) is 5.85. The number of nitrogens with zero attached hydrogens (tertiary/aromatic N) is 2. The van der Waals surface area contributed by atoms with Crippen molar-refractivity contribution in [1.29, 1.82) is 0 Å². The lowest BCUT2D eigenvalue weighted by molar-refractivity contribution is -0.0185. The predicted molar refractivity (Wildman–Crippen MR) is 89.9 cm³/mol. The Morgan fingerprint density at radius 1 is 1.35 bits per heavy atom. The number of aromatic nitrogens is 1. The second-order valence-electron chi connectivity index (χ2n) is 6.26. The van der Waals surface area contributed by atoms with E-state index < -0.39 is 15.6 Å². The van der Waals surface area contributed by atoms with Gasteiger partial charge in [-0.3, -0.25) is 4.98 Å². The highest BCUT2D eigenvalue weighted by Gasteiger charge is 2.42. The molecule has 0 radical (unpaired) electrons. The largest absolute Gasteiger partial charge is 0.378 e. The highest BCUT2D eigenvalue weighted by molar-refractivity contribution is 7.89. The molecule has 6 heteroatoms. The first-order chi connectivity index (χ1) is 10.9. The van der Waals surface area contributed by atoms with Crippen LogP contribution in [0.5, 0.6) is 0 Å². The zero-order valence-electron chi connectivity index (χ0n) is 13.7. The average molecular weight is 334 g/mol. The number of hydrogen-bond acceptors (Lipinski definition) is 4. The maximum absolute atomic E-state index is 13.4. The molecule has 1 aliphatic heterocycles. The molecule has 2 aromatic rings. The Labute approximate surface area is 137 Å². The summed E-state index contributed by atoms with van der Waals surface area (Å²) in [5.41, 5.74) is 0.923. The highest BCUT2D eigenvalue weighted by atomic mass is 32.2. The molecule has 0 spiro atoms. The smallest absolute Gasteiger partial charge is 0.244 e. The molecular formula is C17H22N2O3S. The van der Waals surface area contributed by atoms with Gasteiger partial charge >= 0.3 is 0 Å². The quantitative estimate of drug-likeness (QED) is 0.866. The zero-order chi connectivity index (χ0) is 16.7. The molecule has 0 amide bonds. The third-order valence-electron chi connectivity index (χ3n) is 4.70. The summed E-state index contributed by atoms with van der Waals surface area (Å²) in [7, 11) is -3.63. The molecule has 1 atom stereocenters. The molecule has 1 unspecified atom stereocenters. The van der Waals surface area contributed by atoms with Crippen LogP contribution >= 0.6 is 0 Å². The summed E-state index contributed by atoms with van der Waals surface area (Å²) in [4.78, 5) is 4.66. The van der Waals surface area contributed by atoms with E-state index in [0.29, 0.717) is 42.0 Å². The fourth-order valence-corrected chi connectivity index (χ4v) is 5.38. The first-order valence-electron chi connectivity index (χ1n) is 7.85. The highest BCUT2D eigenvalue weighted by Crippen LogP contribution is 2.34. The van der Waals surface area contributed by atoms with E-state index in [2.05, 4.69) is 4.98 Å². The summed E-state index contributed by atoms with van der Waals surface area (Å²) < 4.78 is 34.0. The Morgan fingerprint density at radius 3 is 2.87 bits per heavy atom. The van der Waals surface area contributed by atoms with Crippen molar-refractivity contribution in [2.75, 3.05) is 19.8 Å². The molecule has 5 nitrogen and oxygen atoms in total. The number of pyridine rings is 1. The van der Waals surface area contributed by atoms with Crippen LogP contribution < -0.4 is 0 Å². The van der Waals surface area contributed by atoms with Crippen molar-refractivity contribution in [2.24, 2.45) is 0 Å². The van der Waals surface area contributed by atoms with Crippen LogP contribution in [0.15, 0.2) is 35.4 Å². The second-order valence-corrected chi connectivity index (χ2v) is 8.06. The van der Waals surface area contributed by atoms with E-state index in [0.717, 1.165) is 5.56 Å². The molecule has 2 heterocycles. The van der Waals surface area contributed by atoms with Gasteiger partial charge in [0.15, 0.2) is 0 Å². The van der Waals surface area contributed by atoms with E-state index in [9.17, 15) is 8.42 Å². The number of aryl methyl sites for hydroxylation is 1. The van der Waals surface area contributed by atoms with Gasteiger partial charge in [0.25, 0.3) is 0 Å². The Balaban J connectivity index is 2.22. The molecule has 3 rings (SSSR count). The van der Waals surface area contributed by atoms with Crippen molar-refractivity contribution in [3.05, 3.63) is 36.0 Å². The number of ether oxygens (including phenoxy) is 1. The minimum atomic E-state index is -3.63. The standard InChI is InChI=1S/C17H22N2O3S/c1-4-17(3)12-22-11-10-19(17)23(20,21)16-13(2)7-8-15-14(16)6-5-9-18-15/h5-9H,4,10-12H2,1-3H3. The number of rotatable bonds is 3. The minimum absolute atomic E-state index is 0.365. The summed E-state index contributed by atoms with van der Waals surface area (Å²) >= 11 is 0. The van der Waals surface area contributed by atoms with Gasteiger partial charge in [0.2, 0.25) is 10.0 Å². The number of benzene rings is 1. The molecule has 0 bridgehead atoms. The van der Waals surface area contributed by atoms with Crippen LogP contribution in [0.2, 0.25) is 0 Å². The topological polar surface area (TPSA) is 59.5 Å². The monoisotopic (exact) mass is 334 g/mol. The van der Waals surface area contributed by atoms with Gasteiger partial charge in [0.05, 0.1) is 29.2 Å². The fourth-order valence-electron chi connectivity index (χ4n) is 3.16. The minimum Gasteiger partial charge on any atom is -0.378 e. The Kier molecular flexibility index (Phi) is 4.16. The van der Waals surface area contributed by atoms with Gasteiger partial charge in [-0.05, 0) is 44.0 Å². The summed E-state index contributed by atoms with van der Waals surface area (Å²) in [5, 5.41) is 0.678. The van der Waals surface area contributed by atoms with Gasteiger partial charge < -0.3 is 4.74 Å². The van der Waals surface area contributed by atoms with Gasteiger partial charge in [0, 0.05) is 18.1 Å². The van der Waals surface area contributed by atoms with E-state index >= 15 is 0 Å². The SMILES string of the molecule is CCC1(C)COCCN1S(=O)(=O)c1c(C)ccc2ncccc12. The molecule has 1 aromatic carbocycles. The maximum Gasteiger partial charge on any atom is 0.244 e. The van der Waals surface area contributed by atoms with Gasteiger partial charge in [-0.25, -0.2) is 8.42 Å². The lowest BCUT2D eigenvalue weighted by Crippen LogP contribution is -2.56. The van der Waals surface area contributed by atoms with Crippen molar-refractivity contribution in [2.45, 2.75) is 37.6 Å². The number of morpholine rings is 1. The third-order valence-corrected chi connectivity index (χ3v) is 6.96. The molecule has 1 fully saturated rings. The van der Waals surface area contributed by atoms with E-state index in [1.165, 1.54) is 0 Å². The van der Waals surface area contributed by atoms with Crippen molar-refractivity contribution in [3.63, 3.8) is 0 Å². The first kappa shape index (κ1) is 16.4. The molecule has 0 N–H and O–H groups in total. The van der Waals surface area contributed by atoms with Crippen LogP contribution in [0.3, 0.4) is 0 Å². The molecule has 0 saturated carbocycles. The number of hydrogen-bond donors (Lipinski definition) is 0. The first-order valence-corrected chi connectivity index (χ1v) is 9.29. The normalized spacial score (nSPS) is 23.3. The van der Waals surface area contributed by atoms with Gasteiger partial charge in [-0.2, -0.15) is 4.31 Å². The van der Waals surface area contributed by atoms with E-state index in [-0.39, 0.29) is 0 Å². The van der Waals surface area contributed by atoms with Crippen LogP contribution in [0.4, 0.5) is 0 Å². The Hall–Kier alpha value is -1.50. The van der Waals surface area contributed by atoms with Crippen molar-refractivity contribution >= 4 is 20.9 Å². The Bertz CT molecular complexity index is 835. The van der Waals surface area contributed by atoms with Crippen molar-refractivity contribution in [3.8, 4) is 0 Å². The van der Waals surface area contributed by atoms with Crippen LogP contribution in [0, 0.1) is 6.92 Å². The van der Waals surface area contributed by atoms with Gasteiger partial charge in [-0.15, -0.1) is 0 Å². The predicted octanol–water partition coefficient (Wildman–Crippen LogP) is 2.73. The molecule has 1 saturated heterocycles. The summed E-state index contributed by atoms with van der Waals surface area (Å²) in [6.07, 6.45) is 2.38. The van der Waals surface area contributed by atoms with Gasteiger partial charge in [-0.1, -0.05) is 13.0 Å². The summed E-state index contributed by atoms with van der Waals surface area (Å²) in [5.74, 6) is 0. The fraction of sp³-hybridized carbons (Fsp3) is 0.471. The maximum atomic E-state index is 13.4. The van der Waals surface area contributed by atoms with Crippen molar-refractivity contribution < 1.29 is 13.2 Å². The third kappa shape index (κ3) is 2.65. The summed E-state index contributed by atoms with van der Waals surface area (Å²) in [6, 6.07) is 7.29. The molecule has 1 aromatic heterocycles. The zero-order valence-corrected chi connectivity index (χ0v) is 14.6. The van der Waals surface area contributed by atoms with Crippen LogP contribution in [0.25, 0.3) is 10.9 Å². The van der Waals surface area contributed by atoms with Gasteiger partial charge in [0.1, 0.15) is 0 Å². The summed E-state index contributed by atoms with van der Waals surface area (Å²) in [6.45, 7) is 7.00. The van der Waals surface area contributed by atoms with Crippen LogP contribution in [-0.2, 0) is 14.8 Å². The molecule has 0 aliphatic carbocycles. The van der Waals surface area contributed by atoms with E-state index in [4.69, 9.17) is 4.74 Å². The molecule has 1 aliphatic rings. The van der Waals surface area contributed by atoms with Crippen molar-refractivity contribution in [1.82, 2.24) is 9.29 Å². The molecular weight excluding hydrogens is 312 g/mol. The Morgan fingerprint density at radius 2 is 2.13 bits per heavy atom. The molecule has 23 heavy (non-hydrogen) atoms. The average Bonchev–Trinajstić information content (AvgIpc) is 2.54. The lowest BCUT2D eigenvalue weighted by atomic mass is 9.99. The van der Waals surface area contributed by atoms with Crippen LogP contribution in [-0.4, -0.2) is 43.0 Å². The van der Waals surface area contributed by atoms with E-state index in [1.807, 2.05) is 39.0 Å². The molecule has 124 valence electrons. The van der Waals surface area contributed by atoms with E-state index in [1.54, 1.807) is 16.6 Å². The number of fused-ring (bicyclic) bond motifs is 1.